The fraction of sp³-hybridized carbons (Fsp3) is 0.364. The van der Waals surface area contributed by atoms with Gasteiger partial charge in [0.05, 0.1) is 6.10 Å². The number of aliphatic hydroxyl groups excluding tert-OH is 1. The summed E-state index contributed by atoms with van der Waals surface area (Å²) >= 11 is 0. The molecule has 1 unspecified atom stereocenters. The zero-order chi connectivity index (χ0) is 19.2. The van der Waals surface area contributed by atoms with E-state index in [1.54, 1.807) is 0 Å². The molecule has 1 fully saturated rings. The van der Waals surface area contributed by atoms with Gasteiger partial charge in [0.15, 0.2) is 0 Å². The van der Waals surface area contributed by atoms with Gasteiger partial charge in [-0.15, -0.1) is 0 Å². The molecule has 0 spiro atoms. The van der Waals surface area contributed by atoms with Crippen LogP contribution in [-0.2, 0) is 11.3 Å². The van der Waals surface area contributed by atoms with Crippen molar-refractivity contribution in [3.63, 3.8) is 0 Å². The van der Waals surface area contributed by atoms with Crippen LogP contribution in [0.5, 0.6) is 0 Å². The molecule has 1 aliphatic heterocycles. The minimum Gasteiger partial charge on any atom is -0.388 e. The van der Waals surface area contributed by atoms with Crippen molar-refractivity contribution in [1.29, 1.82) is 0 Å². The smallest absolute Gasteiger partial charge is 0.253 e. The van der Waals surface area contributed by atoms with Gasteiger partial charge in [-0.05, 0) is 42.0 Å². The summed E-state index contributed by atoms with van der Waals surface area (Å²) in [6.45, 7) is 3.25. The molecule has 0 aliphatic carbocycles. The number of nitrogens with one attached hydrogen (secondary N) is 1. The molecule has 1 saturated heterocycles. The third-order valence-electron chi connectivity index (χ3n) is 5.16. The van der Waals surface area contributed by atoms with Gasteiger partial charge in [0, 0.05) is 32.1 Å². The van der Waals surface area contributed by atoms with Gasteiger partial charge >= 0.3 is 0 Å². The second-order valence-electron chi connectivity index (χ2n) is 7.09. The summed E-state index contributed by atoms with van der Waals surface area (Å²) in [5.74, 6) is 0.126. The molecule has 1 heterocycles. The van der Waals surface area contributed by atoms with Crippen LogP contribution < -0.4 is 5.32 Å². The fourth-order valence-corrected chi connectivity index (χ4v) is 3.51. The van der Waals surface area contributed by atoms with E-state index in [1.165, 1.54) is 6.92 Å². The number of rotatable bonds is 5. The van der Waals surface area contributed by atoms with Crippen LogP contribution in [-0.4, -0.2) is 34.9 Å². The maximum Gasteiger partial charge on any atom is 0.253 e. The molecule has 1 aliphatic rings. The van der Waals surface area contributed by atoms with E-state index in [-0.39, 0.29) is 17.7 Å². The zero-order valence-electron chi connectivity index (χ0n) is 15.6. The molecule has 0 aromatic heterocycles. The molecule has 142 valence electrons. The number of hydrogen-bond acceptors (Lipinski definition) is 3. The summed E-state index contributed by atoms with van der Waals surface area (Å²) in [5.41, 5.74) is 2.56. The van der Waals surface area contributed by atoms with Crippen molar-refractivity contribution in [1.82, 2.24) is 10.2 Å². The van der Waals surface area contributed by atoms with E-state index in [4.69, 9.17) is 0 Å². The highest BCUT2D eigenvalue weighted by Crippen LogP contribution is 2.31. The number of carbonyl (C=O) groups is 2. The van der Waals surface area contributed by atoms with Crippen LogP contribution >= 0.6 is 0 Å². The number of amides is 2. The van der Waals surface area contributed by atoms with Crippen LogP contribution in [0.1, 0.15) is 47.4 Å². The molecule has 2 aromatic rings. The minimum absolute atomic E-state index is 0.0220. The lowest BCUT2D eigenvalue weighted by Gasteiger charge is -2.34. The van der Waals surface area contributed by atoms with E-state index in [9.17, 15) is 14.7 Å². The van der Waals surface area contributed by atoms with Crippen LogP contribution in [0.15, 0.2) is 54.6 Å². The Labute approximate surface area is 160 Å². The van der Waals surface area contributed by atoms with E-state index >= 15 is 0 Å². The van der Waals surface area contributed by atoms with E-state index in [0.717, 1.165) is 24.0 Å². The SMILES string of the molecule is CC(=O)NCc1ccc(C(=O)N2CCC(C(O)c3ccccc3)CC2)cc1. The lowest BCUT2D eigenvalue weighted by Crippen LogP contribution is -2.39. The molecule has 0 bridgehead atoms. The summed E-state index contributed by atoms with van der Waals surface area (Å²) in [6.07, 6.45) is 1.11. The highest BCUT2D eigenvalue weighted by atomic mass is 16.3. The number of aliphatic hydroxyl groups is 1. The van der Waals surface area contributed by atoms with Crippen LogP contribution in [0, 0.1) is 5.92 Å². The van der Waals surface area contributed by atoms with Gasteiger partial charge in [0.1, 0.15) is 0 Å². The molecular weight excluding hydrogens is 340 g/mol. The summed E-state index contributed by atoms with van der Waals surface area (Å²) in [7, 11) is 0. The Bertz CT molecular complexity index is 766. The second-order valence-corrected chi connectivity index (χ2v) is 7.09. The third kappa shape index (κ3) is 4.95. The van der Waals surface area contributed by atoms with Crippen LogP contribution in [0.25, 0.3) is 0 Å². The van der Waals surface area contributed by atoms with Crippen molar-refractivity contribution in [2.24, 2.45) is 5.92 Å². The highest BCUT2D eigenvalue weighted by Gasteiger charge is 2.28. The van der Waals surface area contributed by atoms with Gasteiger partial charge < -0.3 is 15.3 Å². The predicted octanol–water partition coefficient (Wildman–Crippen LogP) is 2.91. The normalized spacial score (nSPS) is 16.0. The quantitative estimate of drug-likeness (QED) is 0.855. The molecule has 5 heteroatoms. The molecule has 2 aromatic carbocycles. The fourth-order valence-electron chi connectivity index (χ4n) is 3.51. The van der Waals surface area contributed by atoms with E-state index in [2.05, 4.69) is 5.32 Å². The Morgan fingerprint density at radius 3 is 2.30 bits per heavy atom. The van der Waals surface area contributed by atoms with E-state index in [1.807, 2.05) is 59.5 Å². The lowest BCUT2D eigenvalue weighted by molar-refractivity contribution is -0.119. The number of piperidine rings is 1. The Balaban J connectivity index is 1.54. The maximum atomic E-state index is 12.7. The summed E-state index contributed by atoms with van der Waals surface area (Å²) in [4.78, 5) is 25.5. The molecule has 0 radical (unpaired) electrons. The van der Waals surface area contributed by atoms with E-state index < -0.39 is 6.10 Å². The average molecular weight is 366 g/mol. The molecular formula is C22H26N2O3. The van der Waals surface area contributed by atoms with Crippen molar-refractivity contribution < 1.29 is 14.7 Å². The van der Waals surface area contributed by atoms with Gasteiger partial charge in [-0.2, -0.15) is 0 Å². The van der Waals surface area contributed by atoms with Crippen molar-refractivity contribution in [2.45, 2.75) is 32.4 Å². The topological polar surface area (TPSA) is 69.6 Å². The first kappa shape index (κ1) is 19.1. The van der Waals surface area contributed by atoms with Crippen LogP contribution in [0.3, 0.4) is 0 Å². The molecule has 27 heavy (non-hydrogen) atoms. The zero-order valence-corrected chi connectivity index (χ0v) is 15.6. The number of benzene rings is 2. The summed E-state index contributed by atoms with van der Waals surface area (Å²) in [6, 6.07) is 17.1. The van der Waals surface area contributed by atoms with Crippen molar-refractivity contribution >= 4 is 11.8 Å². The first-order chi connectivity index (χ1) is 13.0. The van der Waals surface area contributed by atoms with Gasteiger partial charge in [0.25, 0.3) is 5.91 Å². The monoisotopic (exact) mass is 366 g/mol. The predicted molar refractivity (Wildman–Crippen MR) is 104 cm³/mol. The molecule has 2 N–H and O–H groups in total. The van der Waals surface area contributed by atoms with Gasteiger partial charge in [-0.3, -0.25) is 9.59 Å². The molecule has 2 amide bonds. The van der Waals surface area contributed by atoms with Gasteiger partial charge in [-0.1, -0.05) is 42.5 Å². The first-order valence-corrected chi connectivity index (χ1v) is 9.40. The van der Waals surface area contributed by atoms with Crippen molar-refractivity contribution in [2.75, 3.05) is 13.1 Å². The standard InChI is InChI=1S/C22H26N2O3/c1-16(25)23-15-17-7-9-20(10-8-17)22(27)24-13-11-19(12-14-24)21(26)18-5-3-2-4-6-18/h2-10,19,21,26H,11-15H2,1H3,(H,23,25). The number of hydrogen-bond donors (Lipinski definition) is 2. The third-order valence-corrected chi connectivity index (χ3v) is 5.16. The molecule has 0 saturated carbocycles. The average Bonchev–Trinajstić information content (AvgIpc) is 2.72. The second kappa shape index (κ2) is 8.82. The number of carbonyl (C=O) groups excluding carboxylic acids is 2. The maximum absolute atomic E-state index is 12.7. The molecule has 5 nitrogen and oxygen atoms in total. The Kier molecular flexibility index (Phi) is 6.24. The highest BCUT2D eigenvalue weighted by molar-refractivity contribution is 5.94. The molecule has 3 rings (SSSR count). The minimum atomic E-state index is -0.475. The Morgan fingerprint density at radius 1 is 1.07 bits per heavy atom. The summed E-state index contributed by atoms with van der Waals surface area (Å²) < 4.78 is 0. The first-order valence-electron chi connectivity index (χ1n) is 9.40. The van der Waals surface area contributed by atoms with Crippen molar-refractivity contribution in [3.8, 4) is 0 Å². The Hall–Kier alpha value is -2.66. The van der Waals surface area contributed by atoms with E-state index in [0.29, 0.717) is 25.2 Å². The Morgan fingerprint density at radius 2 is 1.70 bits per heavy atom. The van der Waals surface area contributed by atoms with Gasteiger partial charge in [-0.25, -0.2) is 0 Å². The lowest BCUT2D eigenvalue weighted by atomic mass is 9.87. The number of nitrogens with zero attached hydrogens (tertiary/aromatic N) is 1. The van der Waals surface area contributed by atoms with Crippen LogP contribution in [0.2, 0.25) is 0 Å². The van der Waals surface area contributed by atoms with Crippen molar-refractivity contribution in [3.05, 3.63) is 71.3 Å². The number of likely N-dealkylation sites (tertiary alicyclic amines) is 1. The largest absolute Gasteiger partial charge is 0.388 e. The van der Waals surface area contributed by atoms with Gasteiger partial charge in [0.2, 0.25) is 5.91 Å². The summed E-state index contributed by atoms with van der Waals surface area (Å²) in [5, 5.41) is 13.3. The molecule has 1 atom stereocenters. The van der Waals surface area contributed by atoms with Crippen LogP contribution in [0.4, 0.5) is 0 Å².